The van der Waals surface area contributed by atoms with Crippen LogP contribution in [0, 0.1) is 0 Å². The molecule has 0 aromatic heterocycles. The van der Waals surface area contributed by atoms with Crippen molar-refractivity contribution in [1.82, 2.24) is 9.80 Å². The van der Waals surface area contributed by atoms with Gasteiger partial charge >= 0.3 is 0 Å². The van der Waals surface area contributed by atoms with Gasteiger partial charge in [-0.25, -0.2) is 0 Å². The summed E-state index contributed by atoms with van der Waals surface area (Å²) in [6.45, 7) is 8.87. The van der Waals surface area contributed by atoms with Crippen molar-refractivity contribution in [1.29, 1.82) is 0 Å². The maximum Gasteiger partial charge on any atom is 0.223 e. The van der Waals surface area contributed by atoms with Crippen molar-refractivity contribution in [3.05, 3.63) is 58.6 Å². The number of benzene rings is 2. The maximum absolute atomic E-state index is 12.9. The number of amides is 1. The first-order valence-corrected chi connectivity index (χ1v) is 11.6. The zero-order valence-electron chi connectivity index (χ0n) is 18.7. The van der Waals surface area contributed by atoms with E-state index in [2.05, 4.69) is 16.7 Å². The predicted octanol–water partition coefficient (Wildman–Crippen LogP) is 3.86. The molecule has 0 spiro atoms. The van der Waals surface area contributed by atoms with E-state index in [-0.39, 0.29) is 17.8 Å². The minimum Gasteiger partial charge on any atom is -0.489 e. The number of anilines is 1. The van der Waals surface area contributed by atoms with Gasteiger partial charge in [-0.2, -0.15) is 0 Å². The van der Waals surface area contributed by atoms with Crippen LogP contribution in [0.1, 0.15) is 36.2 Å². The highest BCUT2D eigenvalue weighted by molar-refractivity contribution is 6.30. The van der Waals surface area contributed by atoms with Crippen LogP contribution in [0.5, 0.6) is 5.75 Å². The topological polar surface area (TPSA) is 53.1 Å². The molecule has 0 bridgehead atoms. The smallest absolute Gasteiger partial charge is 0.223 e. The fourth-order valence-electron chi connectivity index (χ4n) is 4.41. The second kappa shape index (κ2) is 9.92. The number of ketones is 1. The second-order valence-electron chi connectivity index (χ2n) is 8.64. The number of piperazine rings is 1. The molecule has 0 radical (unpaired) electrons. The van der Waals surface area contributed by atoms with Crippen LogP contribution in [-0.2, 0) is 11.3 Å². The fourth-order valence-corrected chi connectivity index (χ4v) is 4.61. The van der Waals surface area contributed by atoms with E-state index in [9.17, 15) is 9.59 Å². The average molecular weight is 456 g/mol. The molecule has 4 rings (SSSR count). The number of rotatable bonds is 5. The lowest BCUT2D eigenvalue weighted by atomic mass is 10.1. The Morgan fingerprint density at radius 3 is 2.47 bits per heavy atom. The molecular weight excluding hydrogens is 426 g/mol. The van der Waals surface area contributed by atoms with Crippen LogP contribution in [-0.4, -0.2) is 66.9 Å². The van der Waals surface area contributed by atoms with Crippen molar-refractivity contribution in [2.45, 2.75) is 32.9 Å². The Hall–Kier alpha value is -2.57. The van der Waals surface area contributed by atoms with Gasteiger partial charge in [-0.1, -0.05) is 11.6 Å². The summed E-state index contributed by atoms with van der Waals surface area (Å²) in [6, 6.07) is 13.4. The number of nitrogens with zero attached hydrogens (tertiary/aromatic N) is 3. The summed E-state index contributed by atoms with van der Waals surface area (Å²) in [5.74, 6) is 1.15. The molecule has 2 aromatic carbocycles. The minimum atomic E-state index is 0.0606. The number of hydrogen-bond acceptors (Lipinski definition) is 5. The van der Waals surface area contributed by atoms with Crippen LogP contribution in [0.25, 0.3) is 0 Å². The Labute approximate surface area is 194 Å². The molecule has 1 amide bonds. The number of hydrogen-bond donors (Lipinski definition) is 0. The van der Waals surface area contributed by atoms with E-state index in [0.29, 0.717) is 31.1 Å². The van der Waals surface area contributed by atoms with Gasteiger partial charge in [-0.15, -0.1) is 0 Å². The van der Waals surface area contributed by atoms with Gasteiger partial charge in [0, 0.05) is 74.1 Å². The van der Waals surface area contributed by atoms with Gasteiger partial charge in [0.1, 0.15) is 11.9 Å². The van der Waals surface area contributed by atoms with Gasteiger partial charge in [-0.3, -0.25) is 14.5 Å². The van der Waals surface area contributed by atoms with Gasteiger partial charge in [0.25, 0.3) is 0 Å². The SMILES string of the molecule is CC(=O)c1ccc(N2CCN(C(=O)CCN3Cc4cc(Cl)ccc4O[C@@H](C)C3)CC2)cc1. The summed E-state index contributed by atoms with van der Waals surface area (Å²) in [5.41, 5.74) is 2.89. The quantitative estimate of drug-likeness (QED) is 0.641. The normalized spacial score (nSPS) is 19.2. The standard InChI is InChI=1S/C25H30ClN3O3/c1-18-16-27(17-21-15-22(26)5-8-24(21)32-18)10-9-25(31)29-13-11-28(12-14-29)23-6-3-20(4-7-23)19(2)30/h3-8,15,18H,9-14,16-17H2,1-2H3/t18-/m0/s1. The molecule has 170 valence electrons. The van der Waals surface area contributed by atoms with Crippen molar-refractivity contribution in [2.24, 2.45) is 0 Å². The molecule has 1 fully saturated rings. The van der Waals surface area contributed by atoms with E-state index < -0.39 is 0 Å². The van der Waals surface area contributed by atoms with E-state index in [1.807, 2.05) is 47.4 Å². The van der Waals surface area contributed by atoms with Crippen LogP contribution >= 0.6 is 11.6 Å². The van der Waals surface area contributed by atoms with E-state index >= 15 is 0 Å². The lowest BCUT2D eigenvalue weighted by Crippen LogP contribution is -2.49. The van der Waals surface area contributed by atoms with Crippen molar-refractivity contribution in [2.75, 3.05) is 44.2 Å². The van der Waals surface area contributed by atoms with Crippen LogP contribution < -0.4 is 9.64 Å². The summed E-state index contributed by atoms with van der Waals surface area (Å²) in [7, 11) is 0. The number of fused-ring (bicyclic) bond motifs is 1. The Bertz CT molecular complexity index is 971. The first-order chi connectivity index (χ1) is 15.4. The van der Waals surface area contributed by atoms with E-state index in [0.717, 1.165) is 48.7 Å². The zero-order valence-corrected chi connectivity index (χ0v) is 19.5. The Morgan fingerprint density at radius 2 is 1.78 bits per heavy atom. The zero-order chi connectivity index (χ0) is 22.7. The molecule has 6 nitrogen and oxygen atoms in total. The highest BCUT2D eigenvalue weighted by Gasteiger charge is 2.24. The summed E-state index contributed by atoms with van der Waals surface area (Å²) >= 11 is 6.17. The molecule has 0 N–H and O–H groups in total. The largest absolute Gasteiger partial charge is 0.489 e. The molecule has 32 heavy (non-hydrogen) atoms. The number of Topliss-reactive ketones (excluding diaryl/α,β-unsaturated/α-hetero) is 1. The first kappa shape index (κ1) is 22.6. The average Bonchev–Trinajstić information content (AvgIpc) is 2.94. The van der Waals surface area contributed by atoms with Gasteiger partial charge in [-0.05, 0) is 56.3 Å². The number of halogens is 1. The predicted molar refractivity (Wildman–Crippen MR) is 127 cm³/mol. The summed E-state index contributed by atoms with van der Waals surface area (Å²) in [5, 5.41) is 0.701. The summed E-state index contributed by atoms with van der Waals surface area (Å²) in [4.78, 5) is 30.8. The first-order valence-electron chi connectivity index (χ1n) is 11.2. The fraction of sp³-hybridized carbons (Fsp3) is 0.440. The van der Waals surface area contributed by atoms with Crippen molar-refractivity contribution < 1.29 is 14.3 Å². The van der Waals surface area contributed by atoms with Gasteiger partial charge in [0.05, 0.1) is 0 Å². The third kappa shape index (κ3) is 5.43. The molecule has 1 atom stereocenters. The maximum atomic E-state index is 12.9. The lowest BCUT2D eigenvalue weighted by Gasteiger charge is -2.36. The van der Waals surface area contributed by atoms with E-state index in [4.69, 9.17) is 16.3 Å². The van der Waals surface area contributed by atoms with E-state index in [1.165, 1.54) is 0 Å². The Balaban J connectivity index is 1.28. The highest BCUT2D eigenvalue weighted by atomic mass is 35.5. The third-order valence-electron chi connectivity index (χ3n) is 6.17. The molecule has 0 unspecified atom stereocenters. The highest BCUT2D eigenvalue weighted by Crippen LogP contribution is 2.28. The van der Waals surface area contributed by atoms with E-state index in [1.54, 1.807) is 6.92 Å². The molecule has 0 saturated carbocycles. The minimum absolute atomic E-state index is 0.0606. The monoisotopic (exact) mass is 455 g/mol. The number of ether oxygens (including phenoxy) is 1. The Kier molecular flexibility index (Phi) is 7.01. The summed E-state index contributed by atoms with van der Waals surface area (Å²) < 4.78 is 6.02. The van der Waals surface area contributed by atoms with Crippen LogP contribution in [0.3, 0.4) is 0 Å². The second-order valence-corrected chi connectivity index (χ2v) is 9.07. The van der Waals surface area contributed by atoms with Gasteiger partial charge in [0.2, 0.25) is 5.91 Å². The van der Waals surface area contributed by atoms with Gasteiger partial charge < -0.3 is 14.5 Å². The summed E-state index contributed by atoms with van der Waals surface area (Å²) in [6.07, 6.45) is 0.557. The van der Waals surface area contributed by atoms with Crippen molar-refractivity contribution in [3.63, 3.8) is 0 Å². The van der Waals surface area contributed by atoms with Crippen LogP contribution in [0.2, 0.25) is 5.02 Å². The van der Waals surface area contributed by atoms with Crippen molar-refractivity contribution >= 4 is 29.0 Å². The molecule has 0 aliphatic carbocycles. The molecule has 2 heterocycles. The molecule has 1 saturated heterocycles. The van der Waals surface area contributed by atoms with Crippen molar-refractivity contribution in [3.8, 4) is 5.75 Å². The van der Waals surface area contributed by atoms with Crippen LogP contribution in [0.4, 0.5) is 5.69 Å². The van der Waals surface area contributed by atoms with Gasteiger partial charge in [0.15, 0.2) is 5.78 Å². The third-order valence-corrected chi connectivity index (χ3v) is 6.41. The number of carbonyl (C=O) groups is 2. The molecule has 2 aliphatic heterocycles. The Morgan fingerprint density at radius 1 is 1.06 bits per heavy atom. The molecule has 7 heteroatoms. The molecule has 2 aromatic rings. The van der Waals surface area contributed by atoms with Crippen LogP contribution in [0.15, 0.2) is 42.5 Å². The number of carbonyl (C=O) groups excluding carboxylic acids is 2. The lowest BCUT2D eigenvalue weighted by molar-refractivity contribution is -0.131. The molecular formula is C25H30ClN3O3. The molecule has 2 aliphatic rings.